The first-order valence-electron chi connectivity index (χ1n) is 8.96. The van der Waals surface area contributed by atoms with Crippen LogP contribution in [0.2, 0.25) is 0 Å². The van der Waals surface area contributed by atoms with E-state index < -0.39 is 0 Å². The van der Waals surface area contributed by atoms with Crippen molar-refractivity contribution in [3.8, 4) is 11.5 Å². The normalized spacial score (nSPS) is 21.4. The molecular weight excluding hydrogens is 316 g/mol. The predicted molar refractivity (Wildman–Crippen MR) is 96.4 cm³/mol. The first kappa shape index (κ1) is 16.2. The zero-order chi connectivity index (χ0) is 17.4. The Morgan fingerprint density at radius 2 is 2.24 bits per heavy atom. The lowest BCUT2D eigenvalue weighted by molar-refractivity contribution is 0.254. The van der Waals surface area contributed by atoms with Gasteiger partial charge in [0.2, 0.25) is 5.56 Å². The SMILES string of the molecule is COc1cc2c(cc1CN[C@@H]1CCCc3[nH]c(=O)ccc31)O[C@@H](C)C2. The number of ether oxygens (including phenoxy) is 2. The van der Waals surface area contributed by atoms with Crippen molar-refractivity contribution in [3.05, 3.63) is 57.0 Å². The summed E-state index contributed by atoms with van der Waals surface area (Å²) in [6.07, 6.45) is 4.25. The molecule has 1 aliphatic heterocycles. The molecule has 2 heterocycles. The van der Waals surface area contributed by atoms with Crippen molar-refractivity contribution in [1.82, 2.24) is 10.3 Å². The van der Waals surface area contributed by atoms with Gasteiger partial charge in [0.15, 0.2) is 0 Å². The third-order valence-electron chi connectivity index (χ3n) is 5.17. The monoisotopic (exact) mass is 340 g/mol. The number of aromatic nitrogens is 1. The Morgan fingerprint density at radius 1 is 1.36 bits per heavy atom. The molecule has 0 spiro atoms. The maximum atomic E-state index is 11.5. The highest BCUT2D eigenvalue weighted by Gasteiger charge is 2.23. The van der Waals surface area contributed by atoms with E-state index in [0.29, 0.717) is 6.54 Å². The fourth-order valence-corrected chi connectivity index (χ4v) is 3.96. The number of benzene rings is 1. The Hall–Kier alpha value is -2.27. The predicted octanol–water partition coefficient (Wildman–Crippen LogP) is 2.87. The van der Waals surface area contributed by atoms with Crippen molar-refractivity contribution in [2.24, 2.45) is 0 Å². The highest BCUT2D eigenvalue weighted by Crippen LogP contribution is 2.35. The van der Waals surface area contributed by atoms with Gasteiger partial charge in [0, 0.05) is 41.9 Å². The summed E-state index contributed by atoms with van der Waals surface area (Å²) in [6.45, 7) is 2.79. The zero-order valence-corrected chi connectivity index (χ0v) is 14.7. The molecule has 1 aromatic carbocycles. The first-order valence-corrected chi connectivity index (χ1v) is 8.96. The summed E-state index contributed by atoms with van der Waals surface area (Å²) in [6, 6.07) is 8.02. The van der Waals surface area contributed by atoms with E-state index in [1.54, 1.807) is 13.2 Å². The van der Waals surface area contributed by atoms with Gasteiger partial charge in [-0.3, -0.25) is 4.79 Å². The van der Waals surface area contributed by atoms with Crippen molar-refractivity contribution < 1.29 is 9.47 Å². The lowest BCUT2D eigenvalue weighted by Crippen LogP contribution is -2.27. The van der Waals surface area contributed by atoms with Crippen LogP contribution in [-0.4, -0.2) is 18.2 Å². The number of H-pyrrole nitrogens is 1. The number of rotatable bonds is 4. The van der Waals surface area contributed by atoms with Crippen molar-refractivity contribution in [1.29, 1.82) is 0 Å². The molecule has 0 unspecified atom stereocenters. The number of aromatic amines is 1. The van der Waals surface area contributed by atoms with E-state index in [1.165, 1.54) is 11.1 Å². The van der Waals surface area contributed by atoms with Crippen LogP contribution in [0.4, 0.5) is 0 Å². The maximum Gasteiger partial charge on any atom is 0.248 e. The molecule has 2 N–H and O–H groups in total. The van der Waals surface area contributed by atoms with Gasteiger partial charge in [-0.2, -0.15) is 0 Å². The van der Waals surface area contributed by atoms with Crippen LogP contribution in [0.5, 0.6) is 11.5 Å². The number of hydrogen-bond donors (Lipinski definition) is 2. The van der Waals surface area contributed by atoms with Crippen LogP contribution < -0.4 is 20.3 Å². The molecule has 0 fully saturated rings. The van der Waals surface area contributed by atoms with Crippen molar-refractivity contribution in [2.45, 2.75) is 51.3 Å². The number of aryl methyl sites for hydroxylation is 1. The van der Waals surface area contributed by atoms with Crippen LogP contribution in [0, 0.1) is 0 Å². The van der Waals surface area contributed by atoms with Crippen LogP contribution >= 0.6 is 0 Å². The van der Waals surface area contributed by atoms with Crippen LogP contribution in [0.3, 0.4) is 0 Å². The summed E-state index contributed by atoms with van der Waals surface area (Å²) in [4.78, 5) is 14.5. The average molecular weight is 340 g/mol. The van der Waals surface area contributed by atoms with Gasteiger partial charge >= 0.3 is 0 Å². The second kappa shape index (κ2) is 6.56. The molecular formula is C20H24N2O3. The summed E-state index contributed by atoms with van der Waals surface area (Å²) >= 11 is 0. The molecule has 0 saturated heterocycles. The van der Waals surface area contributed by atoms with E-state index >= 15 is 0 Å². The quantitative estimate of drug-likeness (QED) is 0.898. The Balaban J connectivity index is 1.55. The molecule has 0 bridgehead atoms. The minimum Gasteiger partial charge on any atom is -0.496 e. The summed E-state index contributed by atoms with van der Waals surface area (Å²) in [5.74, 6) is 1.87. The standard InChI is InChI=1S/C20H24N2O3/c1-12-8-13-9-18(24-2)14(10-19(13)25-12)11-21-16-4-3-5-17-15(16)6-7-20(23)22-17/h6-7,9-10,12,16,21H,3-5,8,11H2,1-2H3,(H,22,23)/t12-,16+/m0/s1. The summed E-state index contributed by atoms with van der Waals surface area (Å²) < 4.78 is 11.5. The van der Waals surface area contributed by atoms with Gasteiger partial charge in [-0.1, -0.05) is 6.07 Å². The van der Waals surface area contributed by atoms with Crippen LogP contribution in [0.1, 0.15) is 48.2 Å². The van der Waals surface area contributed by atoms with E-state index in [1.807, 2.05) is 6.07 Å². The molecule has 0 radical (unpaired) electrons. The summed E-state index contributed by atoms with van der Waals surface area (Å²) in [5.41, 5.74) is 4.57. The topological polar surface area (TPSA) is 63.3 Å². The van der Waals surface area contributed by atoms with Crippen molar-refractivity contribution >= 4 is 0 Å². The van der Waals surface area contributed by atoms with E-state index in [2.05, 4.69) is 29.4 Å². The van der Waals surface area contributed by atoms with Gasteiger partial charge < -0.3 is 19.8 Å². The minimum atomic E-state index is -0.0223. The molecule has 2 aliphatic rings. The third kappa shape index (κ3) is 3.16. The Bertz CT molecular complexity index is 843. The molecule has 5 nitrogen and oxygen atoms in total. The van der Waals surface area contributed by atoms with Crippen LogP contribution in [0.25, 0.3) is 0 Å². The van der Waals surface area contributed by atoms with E-state index in [0.717, 1.165) is 48.4 Å². The van der Waals surface area contributed by atoms with E-state index in [-0.39, 0.29) is 17.7 Å². The number of fused-ring (bicyclic) bond motifs is 2. The highest BCUT2D eigenvalue weighted by atomic mass is 16.5. The second-order valence-corrected chi connectivity index (χ2v) is 6.99. The zero-order valence-electron chi connectivity index (χ0n) is 14.7. The molecule has 132 valence electrons. The molecule has 2 aromatic rings. The third-order valence-corrected chi connectivity index (χ3v) is 5.17. The van der Waals surface area contributed by atoms with Crippen molar-refractivity contribution in [2.75, 3.05) is 7.11 Å². The molecule has 0 amide bonds. The number of hydrogen-bond acceptors (Lipinski definition) is 4. The molecule has 0 saturated carbocycles. The number of methoxy groups -OCH3 is 1. The van der Waals surface area contributed by atoms with Crippen molar-refractivity contribution in [3.63, 3.8) is 0 Å². The summed E-state index contributed by atoms with van der Waals surface area (Å²) in [5, 5.41) is 3.63. The number of nitrogens with one attached hydrogen (secondary N) is 2. The van der Waals surface area contributed by atoms with Gasteiger partial charge in [0.05, 0.1) is 7.11 Å². The van der Waals surface area contributed by atoms with E-state index in [4.69, 9.17) is 9.47 Å². The Morgan fingerprint density at radius 3 is 3.08 bits per heavy atom. The smallest absolute Gasteiger partial charge is 0.248 e. The minimum absolute atomic E-state index is 0.0223. The lowest BCUT2D eigenvalue weighted by atomic mass is 9.91. The summed E-state index contributed by atoms with van der Waals surface area (Å²) in [7, 11) is 1.71. The Labute approximate surface area is 147 Å². The highest BCUT2D eigenvalue weighted by molar-refractivity contribution is 5.48. The number of pyridine rings is 1. The van der Waals surface area contributed by atoms with E-state index in [9.17, 15) is 4.79 Å². The average Bonchev–Trinajstić information content (AvgIpc) is 2.97. The van der Waals surface area contributed by atoms with Gasteiger partial charge in [0.1, 0.15) is 17.6 Å². The molecule has 25 heavy (non-hydrogen) atoms. The Kier molecular flexibility index (Phi) is 4.25. The fourth-order valence-electron chi connectivity index (χ4n) is 3.96. The van der Waals surface area contributed by atoms with Crippen LogP contribution in [-0.2, 0) is 19.4 Å². The lowest BCUT2D eigenvalue weighted by Gasteiger charge is -2.26. The second-order valence-electron chi connectivity index (χ2n) is 6.99. The van der Waals surface area contributed by atoms with Gasteiger partial charge in [-0.05, 0) is 43.9 Å². The molecule has 4 rings (SSSR count). The first-order chi connectivity index (χ1) is 12.1. The van der Waals surface area contributed by atoms with Crippen LogP contribution in [0.15, 0.2) is 29.1 Å². The molecule has 1 aromatic heterocycles. The maximum absolute atomic E-state index is 11.5. The molecule has 2 atom stereocenters. The molecule has 1 aliphatic carbocycles. The van der Waals surface area contributed by atoms with Gasteiger partial charge in [0.25, 0.3) is 0 Å². The van der Waals surface area contributed by atoms with Gasteiger partial charge in [-0.25, -0.2) is 0 Å². The molecule has 5 heteroatoms. The fraction of sp³-hybridized carbons (Fsp3) is 0.450. The van der Waals surface area contributed by atoms with Gasteiger partial charge in [-0.15, -0.1) is 0 Å². The largest absolute Gasteiger partial charge is 0.496 e.